The van der Waals surface area contributed by atoms with Crippen molar-refractivity contribution in [1.82, 2.24) is 15.2 Å². The molecule has 0 spiro atoms. The summed E-state index contributed by atoms with van der Waals surface area (Å²) in [5, 5.41) is 5.25. The summed E-state index contributed by atoms with van der Waals surface area (Å²) in [7, 11) is 2.12. The molecule has 1 aromatic heterocycles. The fraction of sp³-hybridized carbons (Fsp3) is 0.692. The number of rotatable bonds is 8. The van der Waals surface area contributed by atoms with E-state index in [4.69, 9.17) is 5.73 Å². The molecule has 1 amide bonds. The van der Waals surface area contributed by atoms with Crippen molar-refractivity contribution in [2.75, 3.05) is 25.9 Å². The summed E-state index contributed by atoms with van der Waals surface area (Å²) in [5.74, 6) is 0.0162. The zero-order chi connectivity index (χ0) is 14.3. The molecule has 0 aliphatic heterocycles. The lowest BCUT2D eigenvalue weighted by Crippen LogP contribution is -2.29. The predicted octanol–water partition coefficient (Wildman–Crippen LogP) is 1.50. The van der Waals surface area contributed by atoms with Crippen LogP contribution in [0.1, 0.15) is 32.4 Å². The number of nitrogen functional groups attached to an aromatic ring is 1. The summed E-state index contributed by atoms with van der Waals surface area (Å²) in [6.45, 7) is 6.16. The molecular formula is C13H24N4OS. The third-order valence-corrected chi connectivity index (χ3v) is 3.78. The number of unbranched alkanes of at least 4 members (excludes halogenated alkanes) is 1. The van der Waals surface area contributed by atoms with E-state index in [1.165, 1.54) is 11.3 Å². The monoisotopic (exact) mass is 284 g/mol. The van der Waals surface area contributed by atoms with Crippen molar-refractivity contribution in [3.05, 3.63) is 11.1 Å². The molecule has 108 valence electrons. The van der Waals surface area contributed by atoms with Gasteiger partial charge >= 0.3 is 0 Å². The molecule has 0 bridgehead atoms. The summed E-state index contributed by atoms with van der Waals surface area (Å²) in [6.07, 6.45) is 2.42. The zero-order valence-electron chi connectivity index (χ0n) is 12.0. The van der Waals surface area contributed by atoms with Gasteiger partial charge in [0.1, 0.15) is 0 Å². The standard InChI is InChI=1S/C13H24N4OS/c1-10(2)17(3)7-5-4-6-15-12(18)8-11-9-19-13(14)16-11/h9-10H,4-8H2,1-3H3,(H2,14,16)(H,15,18). The lowest BCUT2D eigenvalue weighted by Gasteiger charge is -2.20. The maximum atomic E-state index is 11.6. The molecule has 0 saturated carbocycles. The first kappa shape index (κ1) is 15.9. The van der Waals surface area contributed by atoms with Crippen LogP contribution in [0.4, 0.5) is 5.13 Å². The Hall–Kier alpha value is -1.14. The number of nitrogens with zero attached hydrogens (tertiary/aromatic N) is 2. The number of carbonyl (C=O) groups is 1. The van der Waals surface area contributed by atoms with Crippen molar-refractivity contribution < 1.29 is 4.79 Å². The van der Waals surface area contributed by atoms with Crippen LogP contribution in [0.2, 0.25) is 0 Å². The largest absolute Gasteiger partial charge is 0.375 e. The van der Waals surface area contributed by atoms with Gasteiger partial charge in [-0.2, -0.15) is 0 Å². The SMILES string of the molecule is CC(C)N(C)CCCCNC(=O)Cc1csc(N)n1. The molecule has 0 saturated heterocycles. The summed E-state index contributed by atoms with van der Waals surface area (Å²) in [4.78, 5) is 18.0. The van der Waals surface area contributed by atoms with E-state index in [0.29, 0.717) is 17.6 Å². The molecule has 0 radical (unpaired) electrons. The van der Waals surface area contributed by atoms with Crippen LogP contribution >= 0.6 is 11.3 Å². The highest BCUT2D eigenvalue weighted by Crippen LogP contribution is 2.11. The van der Waals surface area contributed by atoms with Crippen molar-refractivity contribution in [2.45, 2.75) is 39.2 Å². The van der Waals surface area contributed by atoms with Gasteiger partial charge in [0.15, 0.2) is 5.13 Å². The molecule has 19 heavy (non-hydrogen) atoms. The normalized spacial score (nSPS) is 11.2. The van der Waals surface area contributed by atoms with Crippen LogP contribution < -0.4 is 11.1 Å². The van der Waals surface area contributed by atoms with Crippen LogP contribution in [-0.2, 0) is 11.2 Å². The van der Waals surface area contributed by atoms with Gasteiger partial charge in [-0.25, -0.2) is 4.98 Å². The highest BCUT2D eigenvalue weighted by Gasteiger charge is 2.06. The minimum atomic E-state index is 0.0162. The number of carbonyl (C=O) groups excluding carboxylic acids is 1. The maximum absolute atomic E-state index is 11.6. The summed E-state index contributed by atoms with van der Waals surface area (Å²) < 4.78 is 0. The average Bonchev–Trinajstić information content (AvgIpc) is 2.73. The van der Waals surface area contributed by atoms with Gasteiger partial charge in [-0.15, -0.1) is 11.3 Å². The zero-order valence-corrected chi connectivity index (χ0v) is 12.8. The fourth-order valence-corrected chi connectivity index (χ4v) is 2.17. The molecule has 0 aliphatic carbocycles. The second-order valence-corrected chi connectivity index (χ2v) is 5.87. The Balaban J connectivity index is 2.08. The van der Waals surface area contributed by atoms with E-state index >= 15 is 0 Å². The molecule has 6 heteroatoms. The Kier molecular flexibility index (Phi) is 6.80. The molecule has 5 nitrogen and oxygen atoms in total. The van der Waals surface area contributed by atoms with Crippen LogP contribution in [0.15, 0.2) is 5.38 Å². The van der Waals surface area contributed by atoms with Crippen molar-refractivity contribution in [2.24, 2.45) is 0 Å². The van der Waals surface area contributed by atoms with Crippen LogP contribution in [0, 0.1) is 0 Å². The summed E-state index contributed by atoms with van der Waals surface area (Å²) in [5.41, 5.74) is 6.27. The van der Waals surface area contributed by atoms with Gasteiger partial charge in [-0.05, 0) is 40.3 Å². The smallest absolute Gasteiger partial charge is 0.226 e. The Bertz CT molecular complexity index is 392. The van der Waals surface area contributed by atoms with Crippen molar-refractivity contribution in [1.29, 1.82) is 0 Å². The Morgan fingerprint density at radius 2 is 2.26 bits per heavy atom. The fourth-order valence-electron chi connectivity index (χ4n) is 1.60. The van der Waals surface area contributed by atoms with Crippen molar-refractivity contribution in [3.8, 4) is 0 Å². The average molecular weight is 284 g/mol. The van der Waals surface area contributed by atoms with Gasteiger partial charge in [0.2, 0.25) is 5.91 Å². The minimum absolute atomic E-state index is 0.0162. The molecule has 1 aromatic rings. The number of hydrogen-bond acceptors (Lipinski definition) is 5. The quantitative estimate of drug-likeness (QED) is 0.710. The molecule has 3 N–H and O–H groups in total. The van der Waals surface area contributed by atoms with Crippen LogP contribution in [0.25, 0.3) is 0 Å². The van der Waals surface area contributed by atoms with E-state index in [9.17, 15) is 4.79 Å². The van der Waals surface area contributed by atoms with E-state index in [2.05, 4.69) is 36.1 Å². The minimum Gasteiger partial charge on any atom is -0.375 e. The number of nitrogens with one attached hydrogen (secondary N) is 1. The van der Waals surface area contributed by atoms with Gasteiger partial charge in [0, 0.05) is 18.0 Å². The molecule has 0 atom stereocenters. The van der Waals surface area contributed by atoms with E-state index in [0.717, 1.165) is 31.6 Å². The van der Waals surface area contributed by atoms with Crippen molar-refractivity contribution >= 4 is 22.4 Å². The van der Waals surface area contributed by atoms with Crippen LogP contribution in [0.3, 0.4) is 0 Å². The molecule has 0 unspecified atom stereocenters. The predicted molar refractivity (Wildman–Crippen MR) is 80.2 cm³/mol. The van der Waals surface area contributed by atoms with Gasteiger partial charge in [-0.1, -0.05) is 0 Å². The lowest BCUT2D eigenvalue weighted by atomic mass is 10.2. The van der Waals surface area contributed by atoms with Gasteiger partial charge in [-0.3, -0.25) is 4.79 Å². The summed E-state index contributed by atoms with van der Waals surface area (Å²) >= 11 is 1.37. The third-order valence-electron chi connectivity index (χ3n) is 3.05. The Labute approximate surface area is 119 Å². The first-order valence-corrected chi connectivity index (χ1v) is 7.54. The molecule has 1 heterocycles. The van der Waals surface area contributed by atoms with Crippen molar-refractivity contribution in [3.63, 3.8) is 0 Å². The first-order chi connectivity index (χ1) is 8.99. The van der Waals surface area contributed by atoms with Crippen LogP contribution in [0.5, 0.6) is 0 Å². The molecule has 0 fully saturated rings. The molecular weight excluding hydrogens is 260 g/mol. The van der Waals surface area contributed by atoms with E-state index in [1.807, 2.05) is 5.38 Å². The topological polar surface area (TPSA) is 71.2 Å². The number of nitrogens with two attached hydrogens (primary N) is 1. The van der Waals surface area contributed by atoms with Gasteiger partial charge in [0.05, 0.1) is 12.1 Å². The Morgan fingerprint density at radius 3 is 2.84 bits per heavy atom. The maximum Gasteiger partial charge on any atom is 0.226 e. The number of anilines is 1. The molecule has 0 aromatic carbocycles. The highest BCUT2D eigenvalue weighted by molar-refractivity contribution is 7.13. The lowest BCUT2D eigenvalue weighted by molar-refractivity contribution is -0.120. The second-order valence-electron chi connectivity index (χ2n) is 4.99. The van der Waals surface area contributed by atoms with Gasteiger partial charge < -0.3 is 16.0 Å². The number of aromatic nitrogens is 1. The third kappa shape index (κ3) is 6.54. The summed E-state index contributed by atoms with van der Waals surface area (Å²) in [6, 6.07) is 0.574. The Morgan fingerprint density at radius 1 is 1.53 bits per heavy atom. The van der Waals surface area contributed by atoms with Crippen LogP contribution in [-0.4, -0.2) is 42.0 Å². The molecule has 1 rings (SSSR count). The van der Waals surface area contributed by atoms with Gasteiger partial charge in [0.25, 0.3) is 0 Å². The number of amides is 1. The second kappa shape index (κ2) is 8.12. The van der Waals surface area contributed by atoms with E-state index in [-0.39, 0.29) is 5.91 Å². The number of hydrogen-bond donors (Lipinski definition) is 2. The first-order valence-electron chi connectivity index (χ1n) is 6.66. The highest BCUT2D eigenvalue weighted by atomic mass is 32.1. The number of thiazole rings is 1. The van der Waals surface area contributed by atoms with E-state index < -0.39 is 0 Å². The van der Waals surface area contributed by atoms with E-state index in [1.54, 1.807) is 0 Å². The molecule has 0 aliphatic rings.